The van der Waals surface area contributed by atoms with Gasteiger partial charge in [-0.05, 0) is 0 Å². The van der Waals surface area contributed by atoms with Crippen molar-refractivity contribution in [3.8, 4) is 0 Å². The van der Waals surface area contributed by atoms with Crippen LogP contribution in [0.3, 0.4) is 0 Å². The van der Waals surface area contributed by atoms with E-state index in [1.54, 1.807) is 0 Å². The molecule has 5 N–H and O–H groups in total. The molecule has 0 saturated heterocycles. The largest absolute Gasteiger partial charge is 2.00 e. The van der Waals surface area contributed by atoms with Gasteiger partial charge in [0.25, 0.3) is 0 Å². The molecule has 0 aromatic carbocycles. The van der Waals surface area contributed by atoms with E-state index in [0.717, 1.165) is 0 Å². The Hall–Kier alpha value is -1.21. The Morgan fingerprint density at radius 1 is 0.808 bits per heavy atom. The fourth-order valence-electron chi connectivity index (χ4n) is 1.54. The van der Waals surface area contributed by atoms with Crippen LogP contribution in [-0.4, -0.2) is 106 Å². The third-order valence-electron chi connectivity index (χ3n) is 2.64. The maximum Gasteiger partial charge on any atom is 2.00 e. The van der Waals surface area contributed by atoms with E-state index in [9.17, 15) is 29.7 Å². The first-order valence-electron chi connectivity index (χ1n) is 6.92. The van der Waals surface area contributed by atoms with Gasteiger partial charge < -0.3 is 59.7 Å². The molecule has 0 aliphatic rings. The van der Waals surface area contributed by atoms with Gasteiger partial charge in [0.15, 0.2) is 0 Å². The summed E-state index contributed by atoms with van der Waals surface area (Å²) in [5, 5.41) is 73.9. The number of carbonyl (C=O) groups excluding carboxylic acids is 3. The van der Waals surface area contributed by atoms with Crippen molar-refractivity contribution in [1.82, 2.24) is 0 Å². The molecular formula is C13H23NO11Zn. The molecule has 26 heavy (non-hydrogen) atoms. The van der Waals surface area contributed by atoms with Gasteiger partial charge >= 0.3 is 19.5 Å². The maximum absolute atomic E-state index is 10.0. The zero-order valence-electron chi connectivity index (χ0n) is 14.6. The monoisotopic (exact) mass is 433 g/mol. The third kappa shape index (κ3) is 14.0. The molecule has 0 aromatic heterocycles. The quantitative estimate of drug-likeness (QED) is 0.169. The molecule has 13 heteroatoms. The number of aliphatic hydroxyl groups is 5. The van der Waals surface area contributed by atoms with Gasteiger partial charge in [-0.1, -0.05) is 0 Å². The van der Waals surface area contributed by atoms with Crippen LogP contribution in [0.5, 0.6) is 0 Å². The predicted molar refractivity (Wildman–Crippen MR) is 72.6 cm³/mol. The second-order valence-electron chi connectivity index (χ2n) is 6.21. The number of likely N-dealkylation sites (N-methyl/N-ethyl adjacent to an activating group) is 1. The number of carboxylic acids is 3. The SMILES string of the molecule is C[N+](C)(C)C[C@H](O)CC(=O)[O-].O=C([O-])[C@@H](O)[C@H](O)[C@H](O)[C@@H](O)C(=O)[O-].[Zn+2]. The number of aliphatic hydroxyl groups excluding tert-OH is 5. The number of carboxylic acid groups (broad SMARTS) is 3. The number of hydrogen-bond donors (Lipinski definition) is 5. The summed E-state index contributed by atoms with van der Waals surface area (Å²) in [6, 6.07) is 0. The molecule has 0 amide bonds. The zero-order valence-corrected chi connectivity index (χ0v) is 17.6. The zero-order chi connectivity index (χ0) is 20.5. The van der Waals surface area contributed by atoms with Crippen LogP contribution >= 0.6 is 0 Å². The summed E-state index contributed by atoms with van der Waals surface area (Å²) >= 11 is 0. The predicted octanol–water partition coefficient (Wildman–Crippen LogP) is -7.88. The third-order valence-corrected chi connectivity index (χ3v) is 2.64. The molecule has 0 aromatic rings. The Bertz CT molecular complexity index is 430. The van der Waals surface area contributed by atoms with Crippen LogP contribution in [0.4, 0.5) is 0 Å². The Morgan fingerprint density at radius 2 is 1.12 bits per heavy atom. The number of hydrogen-bond acceptors (Lipinski definition) is 11. The van der Waals surface area contributed by atoms with Crippen LogP contribution in [0.15, 0.2) is 0 Å². The molecule has 12 nitrogen and oxygen atoms in total. The van der Waals surface area contributed by atoms with Crippen LogP contribution in [0.2, 0.25) is 0 Å². The van der Waals surface area contributed by atoms with Crippen LogP contribution in [0.1, 0.15) is 6.42 Å². The van der Waals surface area contributed by atoms with Crippen LogP contribution in [0.25, 0.3) is 0 Å². The maximum atomic E-state index is 10.0. The van der Waals surface area contributed by atoms with Crippen LogP contribution in [-0.2, 0) is 33.9 Å². The van der Waals surface area contributed by atoms with E-state index >= 15 is 0 Å². The van der Waals surface area contributed by atoms with Crippen molar-refractivity contribution in [2.24, 2.45) is 0 Å². The molecule has 0 aliphatic carbocycles. The Kier molecular flexibility index (Phi) is 14.8. The summed E-state index contributed by atoms with van der Waals surface area (Å²) in [6.45, 7) is 0.425. The summed E-state index contributed by atoms with van der Waals surface area (Å²) in [5.41, 5.74) is 0. The fraction of sp³-hybridized carbons (Fsp3) is 0.769. The van der Waals surface area contributed by atoms with Crippen molar-refractivity contribution in [2.45, 2.75) is 36.9 Å². The molecule has 0 radical (unpaired) electrons. The molecule has 0 heterocycles. The summed E-state index contributed by atoms with van der Waals surface area (Å²) in [7, 11) is 5.66. The van der Waals surface area contributed by atoms with Gasteiger partial charge in [0.1, 0.15) is 37.1 Å². The van der Waals surface area contributed by atoms with Crippen molar-refractivity contribution < 1.29 is 79.2 Å². The molecule has 5 atom stereocenters. The molecular weight excluding hydrogens is 412 g/mol. The number of nitrogens with zero attached hydrogens (tertiary/aromatic N) is 1. The van der Waals surface area contributed by atoms with Gasteiger partial charge in [0, 0.05) is 12.4 Å². The van der Waals surface area contributed by atoms with Gasteiger partial charge in [-0.25, -0.2) is 0 Å². The average Bonchev–Trinajstić information content (AvgIpc) is 2.41. The molecule has 0 bridgehead atoms. The smallest absolute Gasteiger partial charge is 0.550 e. The minimum atomic E-state index is -2.50. The molecule has 0 spiro atoms. The van der Waals surface area contributed by atoms with E-state index in [1.807, 2.05) is 21.1 Å². The summed E-state index contributed by atoms with van der Waals surface area (Å²) in [5.74, 6) is -5.42. The van der Waals surface area contributed by atoms with Crippen molar-refractivity contribution in [3.63, 3.8) is 0 Å². The number of rotatable bonds is 9. The number of quaternary nitrogens is 1. The van der Waals surface area contributed by atoms with Crippen LogP contribution < -0.4 is 15.3 Å². The molecule has 0 unspecified atom stereocenters. The van der Waals surface area contributed by atoms with Gasteiger partial charge in [-0.3, -0.25) is 0 Å². The van der Waals surface area contributed by atoms with Crippen molar-refractivity contribution >= 4 is 17.9 Å². The van der Waals surface area contributed by atoms with E-state index in [4.69, 9.17) is 25.5 Å². The first-order chi connectivity index (χ1) is 11.1. The number of carbonyl (C=O) groups is 3. The van der Waals surface area contributed by atoms with E-state index in [2.05, 4.69) is 0 Å². The Balaban J connectivity index is -0.000000402. The molecule has 148 valence electrons. The van der Waals surface area contributed by atoms with Gasteiger partial charge in [0.05, 0.1) is 33.1 Å². The Morgan fingerprint density at radius 3 is 1.31 bits per heavy atom. The standard InChI is InChI=1S/C7H15NO3.C6H10O8.Zn/c1-8(2,3)5-6(9)4-7(10)11;7-1(3(9)5(11)12)2(8)4(10)6(13)14;/h6,9H,4-5H2,1-3H3;1-4,7-10H,(H,11,12)(H,13,14);/q;;+2/p-2/t6-;1-,2+,3+,4-;/m1../s1. The minimum Gasteiger partial charge on any atom is -0.550 e. The first kappa shape index (κ1) is 29.6. The summed E-state index contributed by atoms with van der Waals surface area (Å²) in [6.07, 6.45) is -10.9. The van der Waals surface area contributed by atoms with Crippen molar-refractivity contribution in [1.29, 1.82) is 0 Å². The summed E-state index contributed by atoms with van der Waals surface area (Å²) < 4.78 is 0.550. The van der Waals surface area contributed by atoms with E-state index in [-0.39, 0.29) is 25.9 Å². The van der Waals surface area contributed by atoms with Crippen molar-refractivity contribution in [2.75, 3.05) is 27.7 Å². The second kappa shape index (κ2) is 13.0. The van der Waals surface area contributed by atoms with Crippen LogP contribution in [0, 0.1) is 0 Å². The van der Waals surface area contributed by atoms with Gasteiger partial charge in [-0.2, -0.15) is 0 Å². The minimum absolute atomic E-state index is 0. The first-order valence-corrected chi connectivity index (χ1v) is 6.92. The average molecular weight is 435 g/mol. The molecule has 0 fully saturated rings. The fourth-order valence-corrected chi connectivity index (χ4v) is 1.54. The molecule has 0 aliphatic heterocycles. The summed E-state index contributed by atoms with van der Waals surface area (Å²) in [4.78, 5) is 29.9. The molecule has 0 rings (SSSR count). The number of aliphatic carboxylic acids is 3. The second-order valence-corrected chi connectivity index (χ2v) is 6.21. The Labute approximate surface area is 162 Å². The van der Waals surface area contributed by atoms with Crippen molar-refractivity contribution in [3.05, 3.63) is 0 Å². The van der Waals surface area contributed by atoms with E-state index < -0.39 is 48.4 Å². The van der Waals surface area contributed by atoms with Gasteiger partial charge in [-0.15, -0.1) is 0 Å². The van der Waals surface area contributed by atoms with Gasteiger partial charge in [0.2, 0.25) is 0 Å². The normalized spacial score (nSPS) is 16.6. The molecule has 0 saturated carbocycles. The van der Waals surface area contributed by atoms with E-state index in [1.165, 1.54) is 0 Å². The topological polar surface area (TPSA) is 222 Å². The van der Waals surface area contributed by atoms with E-state index in [0.29, 0.717) is 11.0 Å².